The smallest absolute Gasteiger partial charge is 0.155 e. The van der Waals surface area contributed by atoms with Gasteiger partial charge in [0.25, 0.3) is 0 Å². The normalized spacial score (nSPS) is 12.1. The van der Waals surface area contributed by atoms with Crippen LogP contribution in [0.3, 0.4) is 0 Å². The summed E-state index contributed by atoms with van der Waals surface area (Å²) in [5.74, 6) is 0. The molecule has 2 nitrogen and oxygen atoms in total. The summed E-state index contributed by atoms with van der Waals surface area (Å²) in [7, 11) is 0. The maximum atomic E-state index is 4.88. The van der Waals surface area contributed by atoms with E-state index in [-0.39, 0.29) is 0 Å². The number of hydrogen-bond acceptors (Lipinski definition) is 8. The summed E-state index contributed by atoms with van der Waals surface area (Å²) in [5.41, 5.74) is 0. The van der Waals surface area contributed by atoms with Crippen molar-refractivity contribution in [3.05, 3.63) is 78.8 Å². The fraction of sp³-hybridized carbons (Fsp3) is 0. The van der Waals surface area contributed by atoms with Gasteiger partial charge in [0, 0.05) is 19.5 Å². The molecule has 6 aromatic heterocycles. The van der Waals surface area contributed by atoms with E-state index in [9.17, 15) is 0 Å². The van der Waals surface area contributed by atoms with Gasteiger partial charge in [-0.3, -0.25) is 0 Å². The maximum absolute atomic E-state index is 4.88. The molecular weight excluding hydrogens is 509 g/mol. The molecule has 6 heterocycles. The second kappa shape index (κ2) is 8.97. The first-order valence-electron chi connectivity index (χ1n) is 9.71. The third-order valence-electron chi connectivity index (χ3n) is 4.56. The van der Waals surface area contributed by atoms with Gasteiger partial charge >= 0.3 is 0 Å². The molecule has 0 amide bonds. The summed E-state index contributed by atoms with van der Waals surface area (Å²) >= 11 is 10.4. The second-order valence-corrected chi connectivity index (χ2v) is 12.9. The molecule has 0 N–H and O–H groups in total. The van der Waals surface area contributed by atoms with E-state index in [0.717, 1.165) is 19.7 Å². The SMILES string of the molecule is C(=C\c1ccc(-c2nc3sc(-c4ccc(/C=C/c5cccs5)s4)nc3s2)s1)/c1cccs1. The van der Waals surface area contributed by atoms with Crippen LogP contribution in [0.5, 0.6) is 0 Å². The van der Waals surface area contributed by atoms with Crippen molar-refractivity contribution < 1.29 is 0 Å². The molecule has 0 atom stereocenters. The lowest BCUT2D eigenvalue weighted by Gasteiger charge is -1.89. The van der Waals surface area contributed by atoms with Crippen LogP contribution in [0.25, 0.3) is 53.7 Å². The van der Waals surface area contributed by atoms with Crippen LogP contribution < -0.4 is 0 Å². The van der Waals surface area contributed by atoms with Crippen LogP contribution in [-0.2, 0) is 0 Å². The van der Waals surface area contributed by atoms with E-state index >= 15 is 0 Å². The monoisotopic (exact) mass is 522 g/mol. The number of hydrogen-bond donors (Lipinski definition) is 0. The molecule has 6 aromatic rings. The molecule has 0 aliphatic rings. The van der Waals surface area contributed by atoms with Gasteiger partial charge in [0.15, 0.2) is 9.66 Å². The van der Waals surface area contributed by atoms with Crippen LogP contribution in [0.1, 0.15) is 19.5 Å². The van der Waals surface area contributed by atoms with E-state index in [1.54, 1.807) is 68.0 Å². The molecule has 0 aromatic carbocycles. The Bertz CT molecular complexity index is 1380. The largest absolute Gasteiger partial charge is 0.222 e. The lowest BCUT2D eigenvalue weighted by Crippen LogP contribution is -1.67. The fourth-order valence-corrected chi connectivity index (χ4v) is 8.28. The van der Waals surface area contributed by atoms with Crippen LogP contribution in [0.15, 0.2) is 59.3 Å². The average Bonchev–Trinajstić information content (AvgIpc) is 3.62. The van der Waals surface area contributed by atoms with E-state index in [2.05, 4.69) is 83.6 Å². The Morgan fingerprint density at radius 3 is 1.41 bits per heavy atom. The lowest BCUT2D eigenvalue weighted by molar-refractivity contribution is 1.51. The molecule has 6 rings (SSSR count). The van der Waals surface area contributed by atoms with Gasteiger partial charge in [0.1, 0.15) is 10.0 Å². The molecule has 0 saturated heterocycles. The molecule has 0 aliphatic heterocycles. The van der Waals surface area contributed by atoms with E-state index in [1.807, 2.05) is 0 Å². The van der Waals surface area contributed by atoms with Crippen LogP contribution in [0, 0.1) is 0 Å². The highest BCUT2D eigenvalue weighted by molar-refractivity contribution is 7.32. The number of thiazole rings is 2. The van der Waals surface area contributed by atoms with Gasteiger partial charge < -0.3 is 0 Å². The maximum Gasteiger partial charge on any atom is 0.155 e. The zero-order chi connectivity index (χ0) is 21.3. The summed E-state index contributed by atoms with van der Waals surface area (Å²) in [6.45, 7) is 0. The number of rotatable bonds is 6. The molecule has 0 bridgehead atoms. The predicted molar refractivity (Wildman–Crippen MR) is 148 cm³/mol. The van der Waals surface area contributed by atoms with Crippen molar-refractivity contribution >= 4 is 102 Å². The molecule has 0 spiro atoms. The topological polar surface area (TPSA) is 25.8 Å². The van der Waals surface area contributed by atoms with Gasteiger partial charge in [0.2, 0.25) is 0 Å². The molecule has 156 valence electrons. The third-order valence-corrected chi connectivity index (χ3v) is 10.7. The highest BCUT2D eigenvalue weighted by Crippen LogP contribution is 2.40. The van der Waals surface area contributed by atoms with E-state index in [4.69, 9.17) is 9.97 Å². The average molecular weight is 523 g/mol. The molecule has 0 radical (unpaired) electrons. The Morgan fingerprint density at radius 2 is 0.969 bits per heavy atom. The molecular formula is C24H14N2S6. The first kappa shape index (κ1) is 20.4. The second-order valence-electron chi connectivity index (χ2n) is 6.75. The molecule has 32 heavy (non-hydrogen) atoms. The highest BCUT2D eigenvalue weighted by atomic mass is 32.1. The van der Waals surface area contributed by atoms with Crippen molar-refractivity contribution in [1.29, 1.82) is 0 Å². The molecule has 0 fully saturated rings. The quantitative estimate of drug-likeness (QED) is 0.218. The Kier molecular flexibility index (Phi) is 5.72. The van der Waals surface area contributed by atoms with Crippen molar-refractivity contribution in [2.75, 3.05) is 0 Å². The fourth-order valence-electron chi connectivity index (χ4n) is 3.07. The highest BCUT2D eigenvalue weighted by Gasteiger charge is 2.15. The minimum atomic E-state index is 1.02. The van der Waals surface area contributed by atoms with Crippen LogP contribution in [-0.4, -0.2) is 9.97 Å². The number of aromatic nitrogens is 2. The van der Waals surface area contributed by atoms with Crippen molar-refractivity contribution in [1.82, 2.24) is 9.97 Å². The van der Waals surface area contributed by atoms with Crippen molar-refractivity contribution in [3.8, 4) is 19.8 Å². The molecule has 8 heteroatoms. The molecule has 0 aliphatic carbocycles. The zero-order valence-corrected chi connectivity index (χ0v) is 21.3. The number of nitrogens with zero attached hydrogens (tertiary/aromatic N) is 2. The Labute approximate surface area is 209 Å². The van der Waals surface area contributed by atoms with Crippen molar-refractivity contribution in [3.63, 3.8) is 0 Å². The van der Waals surface area contributed by atoms with Crippen LogP contribution >= 0.6 is 68.0 Å². The summed E-state index contributed by atoms with van der Waals surface area (Å²) in [4.78, 5) is 19.2. The van der Waals surface area contributed by atoms with Gasteiger partial charge in [0.05, 0.1) is 9.75 Å². The van der Waals surface area contributed by atoms with Crippen molar-refractivity contribution in [2.45, 2.75) is 0 Å². The molecule has 0 unspecified atom stereocenters. The summed E-state index contributed by atoms with van der Waals surface area (Å²) < 4.78 is 0. The minimum absolute atomic E-state index is 1.02. The predicted octanol–water partition coefficient (Wildman–Crippen LogP) is 9.67. The number of thiophene rings is 4. The molecule has 0 saturated carbocycles. The summed E-state index contributed by atoms with van der Waals surface area (Å²) in [6, 6.07) is 17.1. The van der Waals surface area contributed by atoms with Gasteiger partial charge in [-0.15, -0.1) is 45.3 Å². The van der Waals surface area contributed by atoms with E-state index in [0.29, 0.717) is 0 Å². The Balaban J connectivity index is 1.20. The number of fused-ring (bicyclic) bond motifs is 1. The Morgan fingerprint density at radius 1 is 0.500 bits per heavy atom. The summed E-state index contributed by atoms with van der Waals surface area (Å²) in [6.07, 6.45) is 8.68. The van der Waals surface area contributed by atoms with Gasteiger partial charge in [-0.05, 0) is 71.5 Å². The van der Waals surface area contributed by atoms with Crippen LogP contribution in [0.4, 0.5) is 0 Å². The minimum Gasteiger partial charge on any atom is -0.222 e. The Hall–Kier alpha value is -2.20. The lowest BCUT2D eigenvalue weighted by atomic mass is 10.3. The van der Waals surface area contributed by atoms with Gasteiger partial charge in [-0.1, -0.05) is 34.8 Å². The van der Waals surface area contributed by atoms with Crippen LogP contribution in [0.2, 0.25) is 0 Å². The van der Waals surface area contributed by atoms with Crippen molar-refractivity contribution in [2.24, 2.45) is 0 Å². The van der Waals surface area contributed by atoms with E-state index in [1.165, 1.54) is 29.3 Å². The summed E-state index contributed by atoms with van der Waals surface area (Å²) in [5, 5.41) is 6.30. The standard InChI is InChI=1S/C24H14N2S6/c1-3-15(27-13-1)5-7-17-9-11-19(29-17)21-25-23-24(31-21)26-22(32-23)20-12-10-18(30-20)8-6-16-4-2-14-28-16/h1-14H/b7-5+,8-6+. The first-order chi connectivity index (χ1) is 15.8. The zero-order valence-electron chi connectivity index (χ0n) is 16.4. The van der Waals surface area contributed by atoms with Gasteiger partial charge in [-0.2, -0.15) is 0 Å². The van der Waals surface area contributed by atoms with Gasteiger partial charge in [-0.25, -0.2) is 9.97 Å². The first-order valence-corrected chi connectivity index (χ1v) is 14.7. The third kappa shape index (κ3) is 4.34. The van der Waals surface area contributed by atoms with E-state index < -0.39 is 0 Å².